The third-order valence-electron chi connectivity index (χ3n) is 8.43. The Balaban J connectivity index is 1.32. The van der Waals surface area contributed by atoms with E-state index in [2.05, 4.69) is 45.3 Å². The van der Waals surface area contributed by atoms with Gasteiger partial charge < -0.3 is 14.2 Å². The van der Waals surface area contributed by atoms with E-state index < -0.39 is 11.7 Å². The predicted molar refractivity (Wildman–Crippen MR) is 145 cm³/mol. The van der Waals surface area contributed by atoms with Gasteiger partial charge in [-0.2, -0.15) is 18.2 Å². The van der Waals surface area contributed by atoms with Crippen LogP contribution in [0.25, 0.3) is 16.9 Å². The average molecular weight is 557 g/mol. The fourth-order valence-electron chi connectivity index (χ4n) is 6.40. The van der Waals surface area contributed by atoms with Crippen molar-refractivity contribution in [2.75, 3.05) is 24.6 Å². The lowest BCUT2D eigenvalue weighted by molar-refractivity contribution is -0.137. The second kappa shape index (κ2) is 10.3. The zero-order valence-corrected chi connectivity index (χ0v) is 23.3. The van der Waals surface area contributed by atoms with E-state index in [4.69, 9.17) is 14.7 Å². The number of fused-ring (bicyclic) bond motifs is 3. The maximum atomic E-state index is 13.1. The first-order chi connectivity index (χ1) is 19.2. The standard InChI is InChI=1S/C28H35F3N8O/c1-5-23(20-8-10-21(11-9-20)28(29,30)31)36-13-18(3)37(14-17(36)2)25-24-26(39-16-32-35-27(39)34-25)38(19(4)33-24)15-22-7-6-12-40-22/h8-11,16-18,22-23H,5-7,12-15H2,1-4H3/t17-,18+,22+,23+/m1/s1. The van der Waals surface area contributed by atoms with Crippen LogP contribution in [0, 0.1) is 6.92 Å². The van der Waals surface area contributed by atoms with Crippen LogP contribution < -0.4 is 4.90 Å². The SMILES string of the molecule is CC[C@@H](c1ccc(C(F)(F)F)cc1)N1C[C@H](C)N(c2nc3nncn3c3c2nc(C)n3C[C@@H]2CCCO2)C[C@H]1C. The number of rotatable bonds is 6. The lowest BCUT2D eigenvalue weighted by Gasteiger charge is -2.48. The highest BCUT2D eigenvalue weighted by molar-refractivity contribution is 5.87. The monoisotopic (exact) mass is 556 g/mol. The van der Waals surface area contributed by atoms with E-state index in [-0.39, 0.29) is 24.2 Å². The molecule has 0 aliphatic carbocycles. The largest absolute Gasteiger partial charge is 0.416 e. The number of hydrogen-bond donors (Lipinski definition) is 0. The fraction of sp³-hybridized carbons (Fsp3) is 0.571. The molecule has 0 radical (unpaired) electrons. The van der Waals surface area contributed by atoms with Gasteiger partial charge in [0, 0.05) is 37.8 Å². The molecule has 0 spiro atoms. The topological polar surface area (TPSA) is 76.6 Å². The lowest BCUT2D eigenvalue weighted by Crippen LogP contribution is -2.57. The van der Waals surface area contributed by atoms with E-state index >= 15 is 0 Å². The van der Waals surface area contributed by atoms with Gasteiger partial charge in [0.1, 0.15) is 17.7 Å². The second-order valence-corrected chi connectivity index (χ2v) is 11.1. The summed E-state index contributed by atoms with van der Waals surface area (Å²) in [5, 5.41) is 8.42. The quantitative estimate of drug-likeness (QED) is 0.330. The van der Waals surface area contributed by atoms with Gasteiger partial charge in [0.25, 0.3) is 5.78 Å². The Bertz CT molecular complexity index is 1490. The molecule has 2 aliphatic heterocycles. The molecule has 4 atom stereocenters. The van der Waals surface area contributed by atoms with Gasteiger partial charge >= 0.3 is 6.18 Å². The first-order valence-corrected chi connectivity index (χ1v) is 14.0. The van der Waals surface area contributed by atoms with Crippen LogP contribution in [0.5, 0.6) is 0 Å². The molecular formula is C28H35F3N8O. The van der Waals surface area contributed by atoms with Crippen molar-refractivity contribution in [3.05, 3.63) is 47.5 Å². The molecule has 6 rings (SSSR count). The molecule has 0 saturated carbocycles. The van der Waals surface area contributed by atoms with Crippen molar-refractivity contribution >= 4 is 22.8 Å². The van der Waals surface area contributed by atoms with Crippen LogP contribution in [0.2, 0.25) is 0 Å². The molecule has 2 fully saturated rings. The number of hydrogen-bond acceptors (Lipinski definition) is 7. The summed E-state index contributed by atoms with van der Waals surface area (Å²) in [5.41, 5.74) is 2.00. The summed E-state index contributed by atoms with van der Waals surface area (Å²) >= 11 is 0. The maximum Gasteiger partial charge on any atom is 0.416 e. The van der Waals surface area contributed by atoms with Gasteiger partial charge in [-0.1, -0.05) is 19.1 Å². The minimum Gasteiger partial charge on any atom is -0.376 e. The average Bonchev–Trinajstić information content (AvgIpc) is 3.67. The van der Waals surface area contributed by atoms with Crippen LogP contribution in [0.15, 0.2) is 30.6 Å². The van der Waals surface area contributed by atoms with Crippen molar-refractivity contribution in [3.63, 3.8) is 0 Å². The number of nitrogens with zero attached hydrogens (tertiary/aromatic N) is 8. The van der Waals surface area contributed by atoms with Crippen molar-refractivity contribution in [1.82, 2.24) is 34.0 Å². The third kappa shape index (κ3) is 4.70. The van der Waals surface area contributed by atoms with E-state index in [1.165, 1.54) is 12.1 Å². The molecule has 0 unspecified atom stereocenters. The number of imidazole rings is 1. The zero-order chi connectivity index (χ0) is 28.2. The molecule has 12 heteroatoms. The minimum atomic E-state index is -4.34. The highest BCUT2D eigenvalue weighted by atomic mass is 19.4. The molecule has 4 aromatic rings. The number of alkyl halides is 3. The Labute approximate surface area is 231 Å². The predicted octanol–water partition coefficient (Wildman–Crippen LogP) is 5.03. The highest BCUT2D eigenvalue weighted by Gasteiger charge is 2.36. The van der Waals surface area contributed by atoms with Crippen molar-refractivity contribution in [1.29, 1.82) is 0 Å². The Morgan fingerprint density at radius 1 is 1.07 bits per heavy atom. The first kappa shape index (κ1) is 26.9. The molecule has 0 N–H and O–H groups in total. The van der Waals surface area contributed by atoms with E-state index in [1.807, 2.05) is 11.3 Å². The van der Waals surface area contributed by atoms with Gasteiger partial charge in [-0.15, -0.1) is 10.2 Å². The third-order valence-corrected chi connectivity index (χ3v) is 8.43. The smallest absolute Gasteiger partial charge is 0.376 e. The summed E-state index contributed by atoms with van der Waals surface area (Å²) < 4.78 is 49.5. The molecule has 3 aromatic heterocycles. The molecule has 5 heterocycles. The Kier molecular flexibility index (Phi) is 6.94. The molecule has 2 aliphatic rings. The molecule has 0 bridgehead atoms. The van der Waals surface area contributed by atoms with Crippen molar-refractivity contribution < 1.29 is 17.9 Å². The summed E-state index contributed by atoms with van der Waals surface area (Å²) in [7, 11) is 0. The normalized spacial score (nSPS) is 23.5. The summed E-state index contributed by atoms with van der Waals surface area (Å²) in [5.74, 6) is 2.20. The van der Waals surface area contributed by atoms with Crippen molar-refractivity contribution in [2.45, 2.75) is 83.9 Å². The number of piperazine rings is 1. The van der Waals surface area contributed by atoms with Gasteiger partial charge in [-0.05, 0) is 57.7 Å². The molecule has 1 aromatic carbocycles. The molecule has 9 nitrogen and oxygen atoms in total. The number of anilines is 1. The number of ether oxygens (including phenoxy) is 1. The maximum absolute atomic E-state index is 13.1. The van der Waals surface area contributed by atoms with Crippen molar-refractivity contribution in [3.8, 4) is 0 Å². The van der Waals surface area contributed by atoms with Gasteiger partial charge in [0.2, 0.25) is 0 Å². The summed E-state index contributed by atoms with van der Waals surface area (Å²) in [6, 6.07) is 5.84. The van der Waals surface area contributed by atoms with Crippen LogP contribution in [0.1, 0.15) is 63.0 Å². The molecule has 214 valence electrons. The summed E-state index contributed by atoms with van der Waals surface area (Å²) in [4.78, 5) is 14.6. The molecule has 0 amide bonds. The van der Waals surface area contributed by atoms with Gasteiger partial charge in [-0.3, -0.25) is 4.90 Å². The van der Waals surface area contributed by atoms with E-state index in [1.54, 1.807) is 18.5 Å². The Morgan fingerprint density at radius 3 is 2.52 bits per heavy atom. The fourth-order valence-corrected chi connectivity index (χ4v) is 6.40. The summed E-state index contributed by atoms with van der Waals surface area (Å²) in [6.45, 7) is 11.4. The number of halogens is 3. The number of aromatic nitrogens is 6. The van der Waals surface area contributed by atoms with Gasteiger partial charge in [0.05, 0.1) is 18.2 Å². The molecule has 2 saturated heterocycles. The van der Waals surface area contributed by atoms with E-state index in [0.29, 0.717) is 18.9 Å². The minimum absolute atomic E-state index is 0.0155. The van der Waals surface area contributed by atoms with Crippen LogP contribution in [0.3, 0.4) is 0 Å². The zero-order valence-electron chi connectivity index (χ0n) is 23.3. The summed E-state index contributed by atoms with van der Waals surface area (Å²) in [6.07, 6.45) is 0.377. The van der Waals surface area contributed by atoms with Crippen LogP contribution in [-0.4, -0.2) is 71.9 Å². The first-order valence-electron chi connectivity index (χ1n) is 14.0. The molecular weight excluding hydrogens is 521 g/mol. The van der Waals surface area contributed by atoms with E-state index in [0.717, 1.165) is 60.8 Å². The second-order valence-electron chi connectivity index (χ2n) is 11.1. The molecule has 40 heavy (non-hydrogen) atoms. The van der Waals surface area contributed by atoms with Crippen LogP contribution in [0.4, 0.5) is 19.0 Å². The van der Waals surface area contributed by atoms with Crippen LogP contribution >= 0.6 is 0 Å². The number of aryl methyl sites for hydroxylation is 1. The van der Waals surface area contributed by atoms with Crippen LogP contribution in [-0.2, 0) is 17.5 Å². The van der Waals surface area contributed by atoms with E-state index in [9.17, 15) is 13.2 Å². The highest BCUT2D eigenvalue weighted by Crippen LogP contribution is 2.36. The van der Waals surface area contributed by atoms with Crippen molar-refractivity contribution in [2.24, 2.45) is 0 Å². The Morgan fingerprint density at radius 2 is 1.85 bits per heavy atom. The lowest BCUT2D eigenvalue weighted by atomic mass is 9.96. The Hall–Kier alpha value is -3.25. The van der Waals surface area contributed by atoms with Gasteiger partial charge in [-0.25, -0.2) is 9.38 Å². The number of benzene rings is 1. The van der Waals surface area contributed by atoms with Gasteiger partial charge in [0.15, 0.2) is 11.5 Å².